The third-order valence-electron chi connectivity index (χ3n) is 3.98. The molecule has 15 heteroatoms. The number of rotatable bonds is 16. The fourth-order valence-corrected chi connectivity index (χ4v) is 2.31. The highest BCUT2D eigenvalue weighted by Gasteiger charge is 2.42. The number of carboxylic acids is 4. The molecule has 0 aliphatic carbocycles. The van der Waals surface area contributed by atoms with E-state index in [-0.39, 0.29) is 6.61 Å². The fraction of sp³-hybridized carbons (Fsp3) is 0.667. The molecule has 4 unspecified atom stereocenters. The zero-order valence-corrected chi connectivity index (χ0v) is 17.8. The second kappa shape index (κ2) is 12.7. The van der Waals surface area contributed by atoms with E-state index in [0.29, 0.717) is 0 Å². The molecule has 0 amide bonds. The maximum atomic E-state index is 11.8. The molecule has 0 aromatic rings. The van der Waals surface area contributed by atoms with Crippen LogP contribution in [0.4, 0.5) is 0 Å². The standard InChI is InChI=1S/C18H26O15/c1-9(7-32-13(23)5-17(29,15(25)26)3-11(19)20)31-8-10(2)33-14(24)6-18(30,16(27)28)4-12(21)22/h9-10,29-30H,3-8H2,1-2H3,(H,19,20)(H,21,22)(H,25,26)(H,27,28). The van der Waals surface area contributed by atoms with Crippen LogP contribution in [0.5, 0.6) is 0 Å². The minimum Gasteiger partial charge on any atom is -0.481 e. The molecule has 0 aromatic heterocycles. The van der Waals surface area contributed by atoms with Gasteiger partial charge in [0.25, 0.3) is 0 Å². The van der Waals surface area contributed by atoms with Crippen LogP contribution in [0, 0.1) is 0 Å². The Morgan fingerprint density at radius 1 is 0.667 bits per heavy atom. The molecule has 0 rings (SSSR count). The third-order valence-corrected chi connectivity index (χ3v) is 3.98. The molecular formula is C18H26O15. The lowest BCUT2D eigenvalue weighted by Crippen LogP contribution is -2.43. The van der Waals surface area contributed by atoms with E-state index >= 15 is 0 Å². The van der Waals surface area contributed by atoms with Crippen molar-refractivity contribution in [3.8, 4) is 0 Å². The monoisotopic (exact) mass is 482 g/mol. The van der Waals surface area contributed by atoms with Crippen molar-refractivity contribution < 1.29 is 73.6 Å². The Morgan fingerprint density at radius 3 is 1.48 bits per heavy atom. The summed E-state index contributed by atoms with van der Waals surface area (Å²) in [7, 11) is 0. The van der Waals surface area contributed by atoms with Crippen LogP contribution in [-0.4, -0.2) is 103 Å². The van der Waals surface area contributed by atoms with Crippen LogP contribution in [0.15, 0.2) is 0 Å². The van der Waals surface area contributed by atoms with Crippen LogP contribution < -0.4 is 0 Å². The van der Waals surface area contributed by atoms with Crippen molar-refractivity contribution in [2.45, 2.75) is 62.9 Å². The number of aliphatic carboxylic acids is 4. The van der Waals surface area contributed by atoms with E-state index in [2.05, 4.69) is 0 Å². The van der Waals surface area contributed by atoms with Crippen molar-refractivity contribution in [2.24, 2.45) is 0 Å². The van der Waals surface area contributed by atoms with Gasteiger partial charge in [-0.15, -0.1) is 0 Å². The van der Waals surface area contributed by atoms with Crippen molar-refractivity contribution in [3.05, 3.63) is 0 Å². The number of carbonyl (C=O) groups is 6. The largest absolute Gasteiger partial charge is 0.481 e. The Hall–Kier alpha value is -3.30. The molecule has 0 aromatic carbocycles. The van der Waals surface area contributed by atoms with Gasteiger partial charge in [0.05, 0.1) is 38.4 Å². The normalized spacial score (nSPS) is 16.4. The van der Waals surface area contributed by atoms with Gasteiger partial charge in [0.1, 0.15) is 12.7 Å². The SMILES string of the molecule is CC(COC(=O)CC(O)(CC(=O)O)C(=O)O)OCC(C)OC(=O)CC(O)(CC(=O)O)C(=O)O. The van der Waals surface area contributed by atoms with Crippen LogP contribution in [-0.2, 0) is 43.0 Å². The molecular weight excluding hydrogens is 456 g/mol. The van der Waals surface area contributed by atoms with E-state index < -0.39 is 91.5 Å². The Bertz CT molecular complexity index is 762. The molecule has 0 aliphatic heterocycles. The van der Waals surface area contributed by atoms with Gasteiger partial charge in [0.15, 0.2) is 11.2 Å². The summed E-state index contributed by atoms with van der Waals surface area (Å²) in [4.78, 5) is 66.9. The van der Waals surface area contributed by atoms with E-state index in [4.69, 9.17) is 34.6 Å². The second-order valence-corrected chi connectivity index (χ2v) is 7.30. The molecule has 0 fully saturated rings. The van der Waals surface area contributed by atoms with Crippen LogP contribution in [0.1, 0.15) is 39.5 Å². The van der Waals surface area contributed by atoms with Crippen LogP contribution in [0.2, 0.25) is 0 Å². The molecule has 0 bridgehead atoms. The van der Waals surface area contributed by atoms with Gasteiger partial charge in [0.2, 0.25) is 0 Å². The zero-order chi connectivity index (χ0) is 26.0. The number of esters is 2. The smallest absolute Gasteiger partial charge is 0.336 e. The third kappa shape index (κ3) is 11.2. The van der Waals surface area contributed by atoms with Gasteiger partial charge in [-0.3, -0.25) is 19.2 Å². The first kappa shape index (κ1) is 29.7. The van der Waals surface area contributed by atoms with E-state index in [1.807, 2.05) is 0 Å². The van der Waals surface area contributed by atoms with E-state index in [1.54, 1.807) is 0 Å². The van der Waals surface area contributed by atoms with Crippen molar-refractivity contribution >= 4 is 35.8 Å². The predicted molar refractivity (Wildman–Crippen MR) is 101 cm³/mol. The lowest BCUT2D eigenvalue weighted by molar-refractivity contribution is -0.175. The first-order valence-electron chi connectivity index (χ1n) is 9.32. The molecule has 15 nitrogen and oxygen atoms in total. The fourth-order valence-electron chi connectivity index (χ4n) is 2.31. The Kier molecular flexibility index (Phi) is 11.4. The van der Waals surface area contributed by atoms with Gasteiger partial charge in [0, 0.05) is 0 Å². The van der Waals surface area contributed by atoms with Gasteiger partial charge in [-0.05, 0) is 13.8 Å². The zero-order valence-electron chi connectivity index (χ0n) is 17.8. The first-order valence-corrected chi connectivity index (χ1v) is 9.32. The second-order valence-electron chi connectivity index (χ2n) is 7.30. The molecule has 188 valence electrons. The summed E-state index contributed by atoms with van der Waals surface area (Å²) in [6.45, 7) is 2.04. The molecule has 0 saturated carbocycles. The summed E-state index contributed by atoms with van der Waals surface area (Å²) in [5.41, 5.74) is -5.71. The molecule has 6 N–H and O–H groups in total. The average Bonchev–Trinajstić information content (AvgIpc) is 2.62. The molecule has 0 heterocycles. The number of carboxylic acid groups (broad SMARTS) is 4. The number of hydrogen-bond acceptors (Lipinski definition) is 11. The van der Waals surface area contributed by atoms with Gasteiger partial charge in [-0.2, -0.15) is 0 Å². The Morgan fingerprint density at radius 2 is 1.09 bits per heavy atom. The van der Waals surface area contributed by atoms with Crippen LogP contribution in [0.25, 0.3) is 0 Å². The molecule has 0 spiro atoms. The summed E-state index contributed by atoms with van der Waals surface area (Å²) < 4.78 is 14.8. The van der Waals surface area contributed by atoms with Gasteiger partial charge >= 0.3 is 35.8 Å². The van der Waals surface area contributed by atoms with E-state index in [1.165, 1.54) is 13.8 Å². The average molecular weight is 482 g/mol. The summed E-state index contributed by atoms with van der Waals surface area (Å²) in [5.74, 6) is -9.53. The highest BCUT2D eigenvalue weighted by atomic mass is 16.6. The summed E-state index contributed by atoms with van der Waals surface area (Å²) in [6.07, 6.45) is -6.52. The van der Waals surface area contributed by atoms with Gasteiger partial charge in [-0.1, -0.05) is 0 Å². The topological polar surface area (TPSA) is 251 Å². The maximum Gasteiger partial charge on any atom is 0.336 e. The minimum atomic E-state index is -2.86. The van der Waals surface area contributed by atoms with Crippen LogP contribution in [0.3, 0.4) is 0 Å². The molecule has 0 aliphatic rings. The summed E-state index contributed by atoms with van der Waals surface area (Å²) in [5, 5.41) is 54.7. The van der Waals surface area contributed by atoms with Crippen molar-refractivity contribution in [1.82, 2.24) is 0 Å². The first-order chi connectivity index (χ1) is 15.0. The number of ether oxygens (including phenoxy) is 3. The number of carbonyl (C=O) groups excluding carboxylic acids is 2. The lowest BCUT2D eigenvalue weighted by atomic mass is 9.96. The minimum absolute atomic E-state index is 0.285. The van der Waals surface area contributed by atoms with E-state index in [9.17, 15) is 39.0 Å². The van der Waals surface area contributed by atoms with Crippen molar-refractivity contribution in [3.63, 3.8) is 0 Å². The van der Waals surface area contributed by atoms with Gasteiger partial charge in [-0.25, -0.2) is 9.59 Å². The van der Waals surface area contributed by atoms with Crippen molar-refractivity contribution in [2.75, 3.05) is 13.2 Å². The van der Waals surface area contributed by atoms with E-state index in [0.717, 1.165) is 0 Å². The van der Waals surface area contributed by atoms with Gasteiger partial charge < -0.3 is 44.8 Å². The predicted octanol–water partition coefficient (Wildman–Crippen LogP) is -1.77. The molecule has 4 atom stereocenters. The summed E-state index contributed by atoms with van der Waals surface area (Å²) >= 11 is 0. The Labute approximate surface area is 186 Å². The quantitative estimate of drug-likeness (QED) is 0.133. The van der Waals surface area contributed by atoms with Crippen LogP contribution >= 0.6 is 0 Å². The molecule has 0 saturated heterocycles. The number of hydrogen-bond donors (Lipinski definition) is 6. The maximum absolute atomic E-state index is 11.8. The number of aliphatic hydroxyl groups is 2. The Balaban J connectivity index is 4.55. The molecule has 33 heavy (non-hydrogen) atoms. The van der Waals surface area contributed by atoms with Crippen molar-refractivity contribution in [1.29, 1.82) is 0 Å². The highest BCUT2D eigenvalue weighted by molar-refractivity contribution is 5.89. The lowest BCUT2D eigenvalue weighted by Gasteiger charge is -2.23. The molecule has 0 radical (unpaired) electrons. The summed E-state index contributed by atoms with van der Waals surface area (Å²) in [6, 6.07) is 0. The highest BCUT2D eigenvalue weighted by Crippen LogP contribution is 2.18.